The summed E-state index contributed by atoms with van der Waals surface area (Å²) in [6.07, 6.45) is 0.760. The maximum atomic E-state index is 12.9. The van der Waals surface area contributed by atoms with E-state index in [2.05, 4.69) is 50.5 Å². The summed E-state index contributed by atoms with van der Waals surface area (Å²) in [6.45, 7) is 9.64. The summed E-state index contributed by atoms with van der Waals surface area (Å²) in [4.78, 5) is 25.0. The van der Waals surface area contributed by atoms with E-state index in [1.807, 2.05) is 6.07 Å². The van der Waals surface area contributed by atoms with Crippen molar-refractivity contribution in [2.24, 2.45) is 0 Å². The number of nitrogens with one attached hydrogen (secondary N) is 2. The number of anilines is 1. The number of para-hydroxylation sites is 1. The van der Waals surface area contributed by atoms with Crippen LogP contribution in [0, 0.1) is 0 Å². The van der Waals surface area contributed by atoms with Crippen LogP contribution in [0.4, 0.5) is 5.69 Å². The molecule has 0 fully saturated rings. The number of ether oxygens (including phenoxy) is 1. The molecule has 0 aliphatic carbocycles. The molecule has 0 atom stereocenters. The molecule has 0 saturated heterocycles. The molecule has 0 heterocycles. The third-order valence-electron chi connectivity index (χ3n) is 4.83. The first kappa shape index (κ1) is 22.6. The summed E-state index contributed by atoms with van der Waals surface area (Å²) >= 11 is 0. The van der Waals surface area contributed by atoms with Crippen molar-refractivity contribution in [1.29, 1.82) is 0 Å². The van der Waals surface area contributed by atoms with Crippen LogP contribution >= 0.6 is 0 Å². The first-order valence-corrected chi connectivity index (χ1v) is 10.2. The molecule has 2 aromatic rings. The number of benzene rings is 2. The van der Waals surface area contributed by atoms with E-state index < -0.39 is 0 Å². The molecule has 0 spiro atoms. The fourth-order valence-electron chi connectivity index (χ4n) is 3.17. The minimum absolute atomic E-state index is 0.152. The van der Waals surface area contributed by atoms with Crippen molar-refractivity contribution in [3.05, 3.63) is 64.7 Å². The second kappa shape index (κ2) is 10.8. The van der Waals surface area contributed by atoms with Gasteiger partial charge in [0.05, 0.1) is 0 Å². The average molecular weight is 397 g/mol. The predicted molar refractivity (Wildman–Crippen MR) is 118 cm³/mol. The van der Waals surface area contributed by atoms with Gasteiger partial charge in [-0.15, -0.1) is 0 Å². The largest absolute Gasteiger partial charge is 0.385 e. The van der Waals surface area contributed by atoms with Gasteiger partial charge in [-0.05, 0) is 53.6 Å². The Labute approximate surface area is 173 Å². The molecular weight excluding hydrogens is 364 g/mol. The highest BCUT2D eigenvalue weighted by atomic mass is 16.5. The van der Waals surface area contributed by atoms with Crippen LogP contribution in [0.2, 0.25) is 0 Å². The zero-order valence-corrected chi connectivity index (χ0v) is 18.0. The summed E-state index contributed by atoms with van der Waals surface area (Å²) in [6, 6.07) is 12.9. The van der Waals surface area contributed by atoms with Crippen LogP contribution in [-0.2, 0) is 4.74 Å². The molecule has 29 heavy (non-hydrogen) atoms. The van der Waals surface area contributed by atoms with Crippen molar-refractivity contribution in [3.8, 4) is 0 Å². The normalized spacial score (nSPS) is 11.0. The van der Waals surface area contributed by atoms with Gasteiger partial charge in [0.2, 0.25) is 0 Å². The Morgan fingerprint density at radius 3 is 1.86 bits per heavy atom. The molecule has 0 bridgehead atoms. The first-order chi connectivity index (χ1) is 13.8. The second-order valence-corrected chi connectivity index (χ2v) is 7.75. The summed E-state index contributed by atoms with van der Waals surface area (Å²) < 4.78 is 4.97. The monoisotopic (exact) mass is 396 g/mol. The molecule has 2 rings (SSSR count). The van der Waals surface area contributed by atoms with Gasteiger partial charge in [0.1, 0.15) is 0 Å². The molecule has 0 radical (unpaired) electrons. The maximum Gasteiger partial charge on any atom is 0.255 e. The van der Waals surface area contributed by atoms with Crippen molar-refractivity contribution in [2.75, 3.05) is 25.6 Å². The summed E-state index contributed by atoms with van der Waals surface area (Å²) in [5.74, 6) is 0.272. The molecule has 0 aliphatic heterocycles. The lowest BCUT2D eigenvalue weighted by atomic mass is 9.92. The van der Waals surface area contributed by atoms with Gasteiger partial charge < -0.3 is 15.4 Å². The molecule has 2 N–H and O–H groups in total. The number of carbonyl (C=O) groups excluding carboxylic acids is 2. The fraction of sp³-hybridized carbons (Fsp3) is 0.417. The van der Waals surface area contributed by atoms with E-state index >= 15 is 0 Å². The maximum absolute atomic E-state index is 12.9. The third kappa shape index (κ3) is 6.16. The van der Waals surface area contributed by atoms with Crippen LogP contribution in [0.5, 0.6) is 0 Å². The minimum atomic E-state index is -0.174. The Hall–Kier alpha value is -2.66. The average Bonchev–Trinajstić information content (AvgIpc) is 2.70. The van der Waals surface area contributed by atoms with Gasteiger partial charge in [0, 0.05) is 37.1 Å². The van der Waals surface area contributed by atoms with Crippen LogP contribution in [-0.4, -0.2) is 32.1 Å². The predicted octanol–water partition coefficient (Wildman–Crippen LogP) is 4.95. The standard InChI is InChI=1S/C24H32N2O3/c1-16(2)20-8-6-9-21(17(3)4)22(20)26-24(28)19-12-10-18(11-13-19)23(27)25-14-7-15-29-5/h6,8-13,16-17H,7,14-15H2,1-5H3,(H,25,27)(H,26,28). The molecule has 2 amide bonds. The van der Waals surface area contributed by atoms with Gasteiger partial charge >= 0.3 is 0 Å². The Kier molecular flexibility index (Phi) is 8.40. The van der Waals surface area contributed by atoms with Crippen LogP contribution in [0.15, 0.2) is 42.5 Å². The highest BCUT2D eigenvalue weighted by molar-refractivity contribution is 6.06. The molecule has 0 aromatic heterocycles. The lowest BCUT2D eigenvalue weighted by Gasteiger charge is -2.20. The highest BCUT2D eigenvalue weighted by Gasteiger charge is 2.17. The Bertz CT molecular complexity index is 800. The van der Waals surface area contributed by atoms with Crippen LogP contribution in [0.3, 0.4) is 0 Å². The molecular formula is C24H32N2O3. The van der Waals surface area contributed by atoms with Gasteiger partial charge in [-0.2, -0.15) is 0 Å². The highest BCUT2D eigenvalue weighted by Crippen LogP contribution is 2.32. The topological polar surface area (TPSA) is 67.4 Å². The Morgan fingerprint density at radius 1 is 0.862 bits per heavy atom. The van der Waals surface area contributed by atoms with E-state index in [1.54, 1.807) is 31.4 Å². The number of methoxy groups -OCH3 is 1. The molecule has 156 valence electrons. The van der Waals surface area contributed by atoms with Gasteiger partial charge in [0.15, 0.2) is 0 Å². The van der Waals surface area contributed by atoms with E-state index in [9.17, 15) is 9.59 Å². The van der Waals surface area contributed by atoms with Gasteiger partial charge in [-0.1, -0.05) is 45.9 Å². The lowest BCUT2D eigenvalue weighted by Crippen LogP contribution is -2.25. The van der Waals surface area contributed by atoms with E-state index in [0.29, 0.717) is 36.1 Å². The van der Waals surface area contributed by atoms with Crippen molar-refractivity contribution in [3.63, 3.8) is 0 Å². The number of carbonyl (C=O) groups is 2. The zero-order chi connectivity index (χ0) is 21.4. The van der Waals surface area contributed by atoms with Gasteiger partial charge in [0.25, 0.3) is 11.8 Å². The molecule has 0 saturated carbocycles. The lowest BCUT2D eigenvalue weighted by molar-refractivity contribution is 0.0946. The first-order valence-electron chi connectivity index (χ1n) is 10.2. The molecule has 0 aliphatic rings. The van der Waals surface area contributed by atoms with Crippen LogP contribution < -0.4 is 10.6 Å². The van der Waals surface area contributed by atoms with Crippen molar-refractivity contribution >= 4 is 17.5 Å². The minimum Gasteiger partial charge on any atom is -0.385 e. The van der Waals surface area contributed by atoms with E-state index in [4.69, 9.17) is 4.74 Å². The Balaban J connectivity index is 2.13. The smallest absolute Gasteiger partial charge is 0.255 e. The van der Waals surface area contributed by atoms with Crippen molar-refractivity contribution in [2.45, 2.75) is 46.0 Å². The third-order valence-corrected chi connectivity index (χ3v) is 4.83. The molecule has 5 heteroatoms. The molecule has 2 aromatic carbocycles. The summed E-state index contributed by atoms with van der Waals surface area (Å²) in [5.41, 5.74) is 4.19. The molecule has 0 unspecified atom stereocenters. The van der Waals surface area contributed by atoms with Gasteiger partial charge in [-0.25, -0.2) is 0 Å². The number of amides is 2. The number of rotatable bonds is 9. The SMILES string of the molecule is COCCCNC(=O)c1ccc(C(=O)Nc2c(C(C)C)cccc2C(C)C)cc1. The van der Waals surface area contributed by atoms with Crippen molar-refractivity contribution in [1.82, 2.24) is 5.32 Å². The second-order valence-electron chi connectivity index (χ2n) is 7.75. The number of hydrogen-bond acceptors (Lipinski definition) is 3. The Morgan fingerprint density at radius 2 is 1.38 bits per heavy atom. The summed E-state index contributed by atoms with van der Waals surface area (Å²) in [7, 11) is 1.63. The van der Waals surface area contributed by atoms with Crippen molar-refractivity contribution < 1.29 is 14.3 Å². The van der Waals surface area contributed by atoms with Crippen LogP contribution in [0.1, 0.15) is 77.8 Å². The molecule has 5 nitrogen and oxygen atoms in total. The van der Waals surface area contributed by atoms with Gasteiger partial charge in [-0.3, -0.25) is 9.59 Å². The quantitative estimate of drug-likeness (QED) is 0.589. The fourth-order valence-corrected chi connectivity index (χ4v) is 3.17. The van der Waals surface area contributed by atoms with E-state index in [-0.39, 0.29) is 11.8 Å². The zero-order valence-electron chi connectivity index (χ0n) is 18.0. The number of hydrogen-bond donors (Lipinski definition) is 2. The summed E-state index contributed by atoms with van der Waals surface area (Å²) in [5, 5.41) is 5.94. The van der Waals surface area contributed by atoms with Crippen LogP contribution in [0.25, 0.3) is 0 Å². The van der Waals surface area contributed by atoms with E-state index in [0.717, 1.165) is 23.2 Å². The van der Waals surface area contributed by atoms with E-state index in [1.165, 1.54) is 0 Å².